The SMILES string of the molecule is Cc1cc(C)cc(C(=O)N2CCN(S(=O)(=O)c3ccc(Cl)c(Cl)c3)CC2)c1. The summed E-state index contributed by atoms with van der Waals surface area (Å²) in [7, 11) is -3.68. The molecule has 0 atom stereocenters. The van der Waals surface area contributed by atoms with Crippen LogP contribution >= 0.6 is 23.2 Å². The van der Waals surface area contributed by atoms with E-state index in [1.807, 2.05) is 32.0 Å². The zero-order valence-corrected chi connectivity index (χ0v) is 17.4. The second-order valence-corrected chi connectivity index (χ2v) is 9.40. The maximum Gasteiger partial charge on any atom is 0.253 e. The van der Waals surface area contributed by atoms with Crippen LogP contribution in [-0.2, 0) is 10.0 Å². The fraction of sp³-hybridized carbons (Fsp3) is 0.316. The summed E-state index contributed by atoms with van der Waals surface area (Å²) in [6, 6.07) is 9.99. The van der Waals surface area contributed by atoms with Crippen LogP contribution in [0.2, 0.25) is 10.0 Å². The van der Waals surface area contributed by atoms with Crippen molar-refractivity contribution in [3.8, 4) is 0 Å². The summed E-state index contributed by atoms with van der Waals surface area (Å²) in [6.45, 7) is 5.05. The second-order valence-electron chi connectivity index (χ2n) is 6.65. The van der Waals surface area contributed by atoms with Gasteiger partial charge in [0.15, 0.2) is 0 Å². The van der Waals surface area contributed by atoms with Gasteiger partial charge in [-0.3, -0.25) is 4.79 Å². The van der Waals surface area contributed by atoms with Crippen molar-refractivity contribution in [1.29, 1.82) is 0 Å². The van der Waals surface area contributed by atoms with Gasteiger partial charge in [-0.05, 0) is 44.2 Å². The molecule has 1 heterocycles. The van der Waals surface area contributed by atoms with E-state index in [0.717, 1.165) is 11.1 Å². The van der Waals surface area contributed by atoms with E-state index in [0.29, 0.717) is 23.7 Å². The molecule has 1 aliphatic heterocycles. The van der Waals surface area contributed by atoms with Crippen molar-refractivity contribution < 1.29 is 13.2 Å². The fourth-order valence-electron chi connectivity index (χ4n) is 3.20. The van der Waals surface area contributed by atoms with Gasteiger partial charge in [0.05, 0.1) is 14.9 Å². The van der Waals surface area contributed by atoms with E-state index in [2.05, 4.69) is 0 Å². The van der Waals surface area contributed by atoms with Crippen molar-refractivity contribution in [2.75, 3.05) is 26.2 Å². The lowest BCUT2D eigenvalue weighted by Gasteiger charge is -2.34. The van der Waals surface area contributed by atoms with Crippen molar-refractivity contribution in [3.63, 3.8) is 0 Å². The summed E-state index contributed by atoms with van der Waals surface area (Å²) in [5.74, 6) is -0.0756. The molecule has 0 radical (unpaired) electrons. The van der Waals surface area contributed by atoms with Crippen LogP contribution < -0.4 is 0 Å². The molecule has 0 spiro atoms. The molecule has 0 aliphatic carbocycles. The van der Waals surface area contributed by atoms with Gasteiger partial charge in [-0.25, -0.2) is 8.42 Å². The van der Waals surface area contributed by atoms with Crippen molar-refractivity contribution in [3.05, 3.63) is 63.1 Å². The minimum Gasteiger partial charge on any atom is -0.336 e. The number of sulfonamides is 1. The van der Waals surface area contributed by atoms with E-state index < -0.39 is 10.0 Å². The van der Waals surface area contributed by atoms with E-state index in [-0.39, 0.29) is 28.9 Å². The first-order chi connectivity index (χ1) is 12.7. The lowest BCUT2D eigenvalue weighted by Crippen LogP contribution is -2.50. The van der Waals surface area contributed by atoms with Crippen LogP contribution in [0.4, 0.5) is 0 Å². The monoisotopic (exact) mass is 426 g/mol. The van der Waals surface area contributed by atoms with Crippen molar-refractivity contribution >= 4 is 39.1 Å². The molecule has 0 aromatic heterocycles. The highest BCUT2D eigenvalue weighted by atomic mass is 35.5. The van der Waals surface area contributed by atoms with E-state index in [1.165, 1.54) is 22.5 Å². The number of rotatable bonds is 3. The Bertz CT molecular complexity index is 964. The summed E-state index contributed by atoms with van der Waals surface area (Å²) >= 11 is 11.8. The number of carbonyl (C=O) groups excluding carboxylic acids is 1. The van der Waals surface area contributed by atoms with Crippen LogP contribution in [-0.4, -0.2) is 49.7 Å². The summed E-state index contributed by atoms with van der Waals surface area (Å²) in [6.07, 6.45) is 0. The Morgan fingerprint density at radius 3 is 2.04 bits per heavy atom. The van der Waals surface area contributed by atoms with E-state index in [4.69, 9.17) is 23.2 Å². The molecule has 3 rings (SSSR count). The minimum atomic E-state index is -3.68. The Labute approximate surface area is 169 Å². The van der Waals surface area contributed by atoms with Crippen LogP contribution in [0.1, 0.15) is 21.5 Å². The van der Waals surface area contributed by atoms with Crippen LogP contribution in [0.25, 0.3) is 0 Å². The van der Waals surface area contributed by atoms with Gasteiger partial charge >= 0.3 is 0 Å². The summed E-state index contributed by atoms with van der Waals surface area (Å²) in [5, 5.41) is 0.501. The highest BCUT2D eigenvalue weighted by Crippen LogP contribution is 2.27. The topological polar surface area (TPSA) is 57.7 Å². The predicted octanol–water partition coefficient (Wildman–Crippen LogP) is 3.76. The number of nitrogens with zero attached hydrogens (tertiary/aromatic N) is 2. The molecule has 0 N–H and O–H groups in total. The van der Waals surface area contributed by atoms with Gasteiger partial charge in [0.25, 0.3) is 5.91 Å². The first kappa shape index (κ1) is 20.1. The molecule has 0 bridgehead atoms. The number of aryl methyl sites for hydroxylation is 2. The largest absolute Gasteiger partial charge is 0.336 e. The zero-order chi connectivity index (χ0) is 19.8. The Morgan fingerprint density at radius 2 is 1.48 bits per heavy atom. The zero-order valence-electron chi connectivity index (χ0n) is 15.1. The Balaban J connectivity index is 1.72. The van der Waals surface area contributed by atoms with Gasteiger partial charge < -0.3 is 4.90 Å². The van der Waals surface area contributed by atoms with Gasteiger partial charge in [-0.1, -0.05) is 40.4 Å². The van der Waals surface area contributed by atoms with Gasteiger partial charge in [-0.15, -0.1) is 0 Å². The van der Waals surface area contributed by atoms with Crippen molar-refractivity contribution in [2.45, 2.75) is 18.7 Å². The number of benzene rings is 2. The minimum absolute atomic E-state index is 0.0756. The number of amides is 1. The number of hydrogen-bond donors (Lipinski definition) is 0. The third-order valence-corrected chi connectivity index (χ3v) is 7.16. The second kappa shape index (κ2) is 7.80. The Hall–Kier alpha value is -1.60. The normalized spacial score (nSPS) is 15.8. The van der Waals surface area contributed by atoms with Crippen LogP contribution in [0, 0.1) is 13.8 Å². The summed E-state index contributed by atoms with van der Waals surface area (Å²) in [4.78, 5) is 14.5. The first-order valence-electron chi connectivity index (χ1n) is 8.51. The molecule has 0 unspecified atom stereocenters. The molecular formula is C19H20Cl2N2O3S. The van der Waals surface area contributed by atoms with Gasteiger partial charge in [0.1, 0.15) is 0 Å². The van der Waals surface area contributed by atoms with Crippen molar-refractivity contribution in [2.24, 2.45) is 0 Å². The van der Waals surface area contributed by atoms with Crippen LogP contribution in [0.15, 0.2) is 41.3 Å². The number of carbonyl (C=O) groups is 1. The molecule has 5 nitrogen and oxygen atoms in total. The van der Waals surface area contributed by atoms with Gasteiger partial charge in [0, 0.05) is 31.7 Å². The van der Waals surface area contributed by atoms with Crippen molar-refractivity contribution in [1.82, 2.24) is 9.21 Å². The Kier molecular flexibility index (Phi) is 5.82. The van der Waals surface area contributed by atoms with E-state index >= 15 is 0 Å². The third kappa shape index (κ3) is 4.29. The summed E-state index contributed by atoms with van der Waals surface area (Å²) in [5.41, 5.74) is 2.69. The molecule has 144 valence electrons. The van der Waals surface area contributed by atoms with Crippen LogP contribution in [0.3, 0.4) is 0 Å². The van der Waals surface area contributed by atoms with Gasteiger partial charge in [0.2, 0.25) is 10.0 Å². The molecule has 1 saturated heterocycles. The lowest BCUT2D eigenvalue weighted by molar-refractivity contribution is 0.0697. The number of hydrogen-bond acceptors (Lipinski definition) is 3. The molecule has 1 fully saturated rings. The molecule has 2 aromatic carbocycles. The molecule has 8 heteroatoms. The van der Waals surface area contributed by atoms with Gasteiger partial charge in [-0.2, -0.15) is 4.31 Å². The first-order valence-corrected chi connectivity index (χ1v) is 10.7. The molecule has 1 amide bonds. The smallest absolute Gasteiger partial charge is 0.253 e. The molecule has 2 aromatic rings. The van der Waals surface area contributed by atoms with E-state index in [9.17, 15) is 13.2 Å². The average Bonchev–Trinajstić information content (AvgIpc) is 2.62. The quantitative estimate of drug-likeness (QED) is 0.750. The molecule has 27 heavy (non-hydrogen) atoms. The number of halogens is 2. The maximum atomic E-state index is 12.8. The standard InChI is InChI=1S/C19H20Cl2N2O3S/c1-13-9-14(2)11-15(10-13)19(24)22-5-7-23(8-6-22)27(25,26)16-3-4-17(20)18(21)12-16/h3-4,9-12H,5-8H2,1-2H3. The lowest BCUT2D eigenvalue weighted by atomic mass is 10.1. The Morgan fingerprint density at radius 1 is 0.889 bits per heavy atom. The number of piperazine rings is 1. The summed E-state index contributed by atoms with van der Waals surface area (Å²) < 4.78 is 27.0. The molecular weight excluding hydrogens is 407 g/mol. The predicted molar refractivity (Wildman–Crippen MR) is 107 cm³/mol. The average molecular weight is 427 g/mol. The maximum absolute atomic E-state index is 12.8. The highest BCUT2D eigenvalue weighted by Gasteiger charge is 2.30. The molecule has 0 saturated carbocycles. The fourth-order valence-corrected chi connectivity index (χ4v) is 5.01. The van der Waals surface area contributed by atoms with Crippen LogP contribution in [0.5, 0.6) is 0 Å². The molecule has 1 aliphatic rings. The van der Waals surface area contributed by atoms with E-state index in [1.54, 1.807) is 4.90 Å². The third-order valence-electron chi connectivity index (χ3n) is 4.52. The highest BCUT2D eigenvalue weighted by molar-refractivity contribution is 7.89.